The summed E-state index contributed by atoms with van der Waals surface area (Å²) >= 11 is 0. The number of hydrogen-bond acceptors (Lipinski definition) is 6. The molecule has 66 valence electrons. The molecule has 0 aromatic heterocycles. The van der Waals surface area contributed by atoms with E-state index >= 15 is 0 Å². The molecule has 0 aliphatic heterocycles. The molecule has 0 unspecified atom stereocenters. The molecule has 0 atom stereocenters. The smallest absolute Gasteiger partial charge is 0.100 e. The molecule has 0 aliphatic rings. The van der Waals surface area contributed by atoms with Crippen LogP contribution in [0, 0.1) is 0 Å². The van der Waals surface area contributed by atoms with Gasteiger partial charge in [-0.05, 0) is 0 Å². The zero-order chi connectivity index (χ0) is 4.99. The van der Waals surface area contributed by atoms with Crippen LogP contribution in [0.4, 0.5) is 0 Å². The van der Waals surface area contributed by atoms with Gasteiger partial charge in [0.15, 0.2) is 0 Å². The molecular weight excluding hydrogens is 180 g/mol. The van der Waals surface area contributed by atoms with Gasteiger partial charge in [-0.1, -0.05) is 0 Å². The Morgan fingerprint density at radius 2 is 1.10 bits per heavy atom. The Morgan fingerprint density at radius 1 is 0.900 bits per heavy atom. The van der Waals surface area contributed by atoms with E-state index in [-0.39, 0.29) is 51.4 Å². The molecule has 0 bridgehead atoms. The minimum atomic E-state index is -0.954. The number of rotatable bonds is 2. The second-order valence-corrected chi connectivity index (χ2v) is 1.02. The molecule has 0 aromatic carbocycles. The van der Waals surface area contributed by atoms with Crippen LogP contribution in [0.25, 0.3) is 0 Å². The summed E-state index contributed by atoms with van der Waals surface area (Å²) in [5, 5.41) is 24.0. The molecule has 10 heavy (non-hydrogen) atoms. The molecule has 0 fully saturated rings. The van der Waals surface area contributed by atoms with E-state index in [1.165, 1.54) is 0 Å². The van der Waals surface area contributed by atoms with Gasteiger partial charge in [0.1, 0.15) is 6.10 Å². The summed E-state index contributed by atoms with van der Waals surface area (Å²) in [6.07, 6.45) is -0.954. The first-order valence-corrected chi connectivity index (χ1v) is 1.71. The van der Waals surface area contributed by atoms with Crippen LogP contribution in [0.3, 0.4) is 0 Å². The molecule has 0 radical (unpaired) electrons. The van der Waals surface area contributed by atoms with Crippen LogP contribution in [0.1, 0.15) is 0 Å². The van der Waals surface area contributed by atoms with E-state index in [1.54, 1.807) is 0 Å². The van der Waals surface area contributed by atoms with Crippen molar-refractivity contribution in [1.29, 1.82) is 0 Å². The number of aliphatic hydroxyl groups is 3. The van der Waals surface area contributed by atoms with Gasteiger partial charge in [0.05, 0.1) is 13.2 Å². The van der Waals surface area contributed by atoms with E-state index < -0.39 is 6.10 Å². The second-order valence-electron chi connectivity index (χ2n) is 1.02. The Hall–Kier alpha value is 0.474. The predicted molar refractivity (Wildman–Crippen MR) is 26.0 cm³/mol. The SMILES string of the molecule is OCC(O)CO.[OH-].[OH-].[OH-].[Ti]. The molecule has 0 heterocycles. The maximum atomic E-state index is 8.17. The molecule has 0 saturated heterocycles. The minimum absolute atomic E-state index is 0. The van der Waals surface area contributed by atoms with Crippen molar-refractivity contribution in [2.24, 2.45) is 0 Å². The van der Waals surface area contributed by atoms with Crippen molar-refractivity contribution >= 4 is 0 Å². The van der Waals surface area contributed by atoms with Crippen LogP contribution in [0.15, 0.2) is 0 Å². The van der Waals surface area contributed by atoms with Gasteiger partial charge in [0, 0.05) is 21.7 Å². The normalized spacial score (nSPS) is 6.00. The predicted octanol–water partition coefficient (Wildman–Crippen LogP) is -2.20. The molecule has 6 nitrogen and oxygen atoms in total. The fraction of sp³-hybridized carbons (Fsp3) is 1.00. The maximum Gasteiger partial charge on any atom is 0.100 e. The first-order valence-electron chi connectivity index (χ1n) is 1.71. The van der Waals surface area contributed by atoms with E-state index in [1.807, 2.05) is 0 Å². The monoisotopic (exact) mass is 191 g/mol. The van der Waals surface area contributed by atoms with Gasteiger partial charge in [0.2, 0.25) is 0 Å². The van der Waals surface area contributed by atoms with Gasteiger partial charge >= 0.3 is 0 Å². The zero-order valence-corrected chi connectivity index (χ0v) is 6.74. The molecule has 0 aliphatic carbocycles. The van der Waals surface area contributed by atoms with Gasteiger partial charge in [0.25, 0.3) is 0 Å². The molecule has 7 heteroatoms. The Morgan fingerprint density at radius 3 is 1.10 bits per heavy atom. The van der Waals surface area contributed by atoms with Crippen LogP contribution in [0.2, 0.25) is 0 Å². The van der Waals surface area contributed by atoms with Gasteiger partial charge < -0.3 is 31.7 Å². The van der Waals surface area contributed by atoms with Gasteiger partial charge in [-0.2, -0.15) is 0 Å². The van der Waals surface area contributed by atoms with Gasteiger partial charge in [-0.25, -0.2) is 0 Å². The van der Waals surface area contributed by atoms with Gasteiger partial charge in [-0.3, -0.25) is 0 Å². The van der Waals surface area contributed by atoms with Crippen molar-refractivity contribution in [1.82, 2.24) is 0 Å². The van der Waals surface area contributed by atoms with Crippen LogP contribution in [0.5, 0.6) is 0 Å². The first-order chi connectivity index (χ1) is 2.81. The molecule has 0 spiro atoms. The van der Waals surface area contributed by atoms with E-state index in [9.17, 15) is 0 Å². The average molecular weight is 191 g/mol. The molecule has 0 saturated carbocycles. The van der Waals surface area contributed by atoms with Crippen molar-refractivity contribution in [2.45, 2.75) is 6.10 Å². The number of hydrogen-bond donors (Lipinski definition) is 3. The second kappa shape index (κ2) is 22.7. The zero-order valence-electron chi connectivity index (χ0n) is 5.17. The van der Waals surface area contributed by atoms with Crippen LogP contribution in [-0.4, -0.2) is 51.1 Å². The Kier molecular flexibility index (Phi) is 71.2. The third-order valence-electron chi connectivity index (χ3n) is 0.421. The molecule has 0 rings (SSSR count). The molecule has 0 amide bonds. The molecular formula is C3H11O6Ti-3. The fourth-order valence-corrected chi connectivity index (χ4v) is 0.0577. The van der Waals surface area contributed by atoms with Crippen molar-refractivity contribution in [2.75, 3.05) is 13.2 Å². The van der Waals surface area contributed by atoms with Crippen molar-refractivity contribution in [3.05, 3.63) is 0 Å². The van der Waals surface area contributed by atoms with E-state index in [0.29, 0.717) is 0 Å². The largest absolute Gasteiger partial charge is 0.870 e. The van der Waals surface area contributed by atoms with Crippen molar-refractivity contribution in [3.63, 3.8) is 0 Å². The summed E-state index contributed by atoms with van der Waals surface area (Å²) in [4.78, 5) is 0. The Balaban J connectivity index is -0.0000000208. The summed E-state index contributed by atoms with van der Waals surface area (Å²) in [6, 6.07) is 0. The summed E-state index contributed by atoms with van der Waals surface area (Å²) in [5.74, 6) is 0. The third kappa shape index (κ3) is 23.6. The fourth-order valence-electron chi connectivity index (χ4n) is 0.0577. The van der Waals surface area contributed by atoms with Crippen LogP contribution >= 0.6 is 0 Å². The van der Waals surface area contributed by atoms with E-state index in [0.717, 1.165) is 0 Å². The Bertz CT molecular complexity index is 32.2. The van der Waals surface area contributed by atoms with E-state index in [2.05, 4.69) is 0 Å². The number of aliphatic hydroxyl groups excluding tert-OH is 3. The third-order valence-corrected chi connectivity index (χ3v) is 0.421. The quantitative estimate of drug-likeness (QED) is 0.421. The standard InChI is InChI=1S/C3H8O3.3H2O.Ti/c4-1-3(6)2-5;;;;/h3-6H,1-2H2;3*1H2;/p-3. The first kappa shape index (κ1) is 31.4. The Labute approximate surface area is 73.3 Å². The average Bonchev–Trinajstić information content (AvgIpc) is 1.65. The van der Waals surface area contributed by atoms with Crippen LogP contribution < -0.4 is 0 Å². The molecule has 0 aromatic rings. The topological polar surface area (TPSA) is 151 Å². The van der Waals surface area contributed by atoms with Crippen LogP contribution in [-0.2, 0) is 21.7 Å². The maximum absolute atomic E-state index is 8.17. The molecule has 6 N–H and O–H groups in total. The minimum Gasteiger partial charge on any atom is -0.870 e. The van der Waals surface area contributed by atoms with E-state index in [4.69, 9.17) is 15.3 Å². The van der Waals surface area contributed by atoms with Crippen molar-refractivity contribution < 1.29 is 53.5 Å². The summed E-state index contributed by atoms with van der Waals surface area (Å²) < 4.78 is 0. The summed E-state index contributed by atoms with van der Waals surface area (Å²) in [7, 11) is 0. The summed E-state index contributed by atoms with van der Waals surface area (Å²) in [5.41, 5.74) is 0. The summed E-state index contributed by atoms with van der Waals surface area (Å²) in [6.45, 7) is -0.729. The van der Waals surface area contributed by atoms with Gasteiger partial charge in [-0.15, -0.1) is 0 Å². The van der Waals surface area contributed by atoms with Crippen molar-refractivity contribution in [3.8, 4) is 0 Å².